The molecule has 0 radical (unpaired) electrons. The number of fused-ring (bicyclic) bond motifs is 1. The fourth-order valence-corrected chi connectivity index (χ4v) is 2.82. The monoisotopic (exact) mass is 313 g/mol. The molecule has 0 aliphatic carbocycles. The summed E-state index contributed by atoms with van der Waals surface area (Å²) < 4.78 is 40.3. The normalized spacial score (nSPS) is 15.7. The lowest BCUT2D eigenvalue weighted by molar-refractivity contribution is -0.138. The van der Waals surface area contributed by atoms with E-state index >= 15 is 0 Å². The van der Waals surface area contributed by atoms with Gasteiger partial charge in [0.1, 0.15) is 0 Å². The summed E-state index contributed by atoms with van der Waals surface area (Å²) in [5.74, 6) is -0.0978. The summed E-state index contributed by atoms with van der Waals surface area (Å²) in [7, 11) is 0. The van der Waals surface area contributed by atoms with Crippen molar-refractivity contribution >= 4 is 5.91 Å². The van der Waals surface area contributed by atoms with Crippen LogP contribution in [0, 0.1) is 0 Å². The highest BCUT2D eigenvalue weighted by Crippen LogP contribution is 2.39. The van der Waals surface area contributed by atoms with Crippen molar-refractivity contribution in [1.82, 2.24) is 4.90 Å². The molecule has 22 heavy (non-hydrogen) atoms. The van der Waals surface area contributed by atoms with E-state index in [0.29, 0.717) is 23.2 Å². The lowest BCUT2D eigenvalue weighted by Gasteiger charge is -2.33. The SMILES string of the molecule is CCC(C)(C)c1cc2c(c(C(F)(F)F)c1)CCN(C(C)=O)C2. The average molecular weight is 313 g/mol. The fourth-order valence-electron chi connectivity index (χ4n) is 2.82. The molecule has 1 aromatic carbocycles. The van der Waals surface area contributed by atoms with Gasteiger partial charge in [-0.25, -0.2) is 0 Å². The van der Waals surface area contributed by atoms with Crippen LogP contribution in [0.3, 0.4) is 0 Å². The minimum atomic E-state index is -4.36. The van der Waals surface area contributed by atoms with Crippen molar-refractivity contribution in [3.05, 3.63) is 34.4 Å². The predicted molar refractivity (Wildman–Crippen MR) is 79.6 cm³/mol. The van der Waals surface area contributed by atoms with Crippen LogP contribution >= 0.6 is 0 Å². The van der Waals surface area contributed by atoms with Crippen LogP contribution in [0.1, 0.15) is 56.4 Å². The topological polar surface area (TPSA) is 20.3 Å². The summed E-state index contributed by atoms with van der Waals surface area (Å²) in [5.41, 5.74) is 0.803. The molecule has 0 unspecified atom stereocenters. The lowest BCUT2D eigenvalue weighted by atomic mass is 9.78. The molecule has 0 saturated heterocycles. The third-order valence-corrected chi connectivity index (χ3v) is 4.75. The van der Waals surface area contributed by atoms with E-state index in [0.717, 1.165) is 6.42 Å². The number of amides is 1. The van der Waals surface area contributed by atoms with Crippen molar-refractivity contribution in [1.29, 1.82) is 0 Å². The molecule has 5 heteroatoms. The molecule has 1 aliphatic rings. The Labute approximate surface area is 129 Å². The van der Waals surface area contributed by atoms with Gasteiger partial charge in [0.2, 0.25) is 5.91 Å². The number of carbonyl (C=O) groups excluding carboxylic acids is 1. The second-order valence-corrected chi connectivity index (χ2v) is 6.59. The minimum absolute atomic E-state index is 0.0978. The van der Waals surface area contributed by atoms with E-state index in [1.54, 1.807) is 4.90 Å². The molecule has 0 saturated carbocycles. The average Bonchev–Trinajstić information content (AvgIpc) is 2.44. The Morgan fingerprint density at radius 1 is 1.27 bits per heavy atom. The van der Waals surface area contributed by atoms with E-state index < -0.39 is 11.7 Å². The largest absolute Gasteiger partial charge is 0.416 e. The van der Waals surface area contributed by atoms with Crippen molar-refractivity contribution in [3.63, 3.8) is 0 Å². The molecule has 1 aromatic rings. The van der Waals surface area contributed by atoms with Crippen molar-refractivity contribution in [2.75, 3.05) is 6.54 Å². The van der Waals surface area contributed by atoms with Gasteiger partial charge < -0.3 is 4.90 Å². The van der Waals surface area contributed by atoms with E-state index in [2.05, 4.69) is 0 Å². The highest BCUT2D eigenvalue weighted by atomic mass is 19.4. The van der Waals surface area contributed by atoms with Crippen LogP contribution in [-0.4, -0.2) is 17.4 Å². The quantitative estimate of drug-likeness (QED) is 0.797. The Morgan fingerprint density at radius 2 is 1.91 bits per heavy atom. The number of rotatable bonds is 2. The Hall–Kier alpha value is -1.52. The zero-order valence-electron chi connectivity index (χ0n) is 13.5. The summed E-state index contributed by atoms with van der Waals surface area (Å²) in [6, 6.07) is 3.15. The van der Waals surface area contributed by atoms with E-state index in [4.69, 9.17) is 0 Å². The van der Waals surface area contributed by atoms with E-state index in [-0.39, 0.29) is 24.3 Å². The lowest BCUT2D eigenvalue weighted by Crippen LogP contribution is -2.35. The highest BCUT2D eigenvalue weighted by molar-refractivity contribution is 5.73. The summed E-state index contributed by atoms with van der Waals surface area (Å²) in [6.07, 6.45) is -3.35. The van der Waals surface area contributed by atoms with Gasteiger partial charge in [-0.2, -0.15) is 13.2 Å². The number of halogens is 3. The number of alkyl halides is 3. The number of benzene rings is 1. The molecule has 0 bridgehead atoms. The fraction of sp³-hybridized carbons (Fsp3) is 0.588. The van der Waals surface area contributed by atoms with Crippen LogP contribution in [0.15, 0.2) is 12.1 Å². The van der Waals surface area contributed by atoms with Gasteiger partial charge in [-0.05, 0) is 41.0 Å². The number of nitrogens with zero attached hydrogens (tertiary/aromatic N) is 1. The van der Waals surface area contributed by atoms with Gasteiger partial charge in [0, 0.05) is 20.0 Å². The number of hydrogen-bond acceptors (Lipinski definition) is 1. The minimum Gasteiger partial charge on any atom is -0.338 e. The van der Waals surface area contributed by atoms with E-state index in [1.165, 1.54) is 13.0 Å². The van der Waals surface area contributed by atoms with Crippen LogP contribution in [0.4, 0.5) is 13.2 Å². The molecular formula is C17H22F3NO. The first-order chi connectivity index (χ1) is 10.1. The highest BCUT2D eigenvalue weighted by Gasteiger charge is 2.37. The van der Waals surface area contributed by atoms with Crippen molar-refractivity contribution in [3.8, 4) is 0 Å². The molecule has 1 aliphatic heterocycles. The summed E-state index contributed by atoms with van der Waals surface area (Å²) in [6.45, 7) is 7.92. The Balaban J connectivity index is 2.59. The van der Waals surface area contributed by atoms with Crippen molar-refractivity contribution in [2.24, 2.45) is 0 Å². The molecule has 0 N–H and O–H groups in total. The van der Waals surface area contributed by atoms with Gasteiger partial charge in [0.15, 0.2) is 0 Å². The molecule has 0 atom stereocenters. The molecule has 0 spiro atoms. The number of hydrogen-bond donors (Lipinski definition) is 0. The van der Waals surface area contributed by atoms with E-state index in [9.17, 15) is 18.0 Å². The zero-order valence-corrected chi connectivity index (χ0v) is 13.5. The van der Waals surface area contributed by atoms with Crippen LogP contribution in [-0.2, 0) is 29.4 Å². The summed E-state index contributed by atoms with van der Waals surface area (Å²) in [5, 5.41) is 0. The summed E-state index contributed by atoms with van der Waals surface area (Å²) >= 11 is 0. The van der Waals surface area contributed by atoms with Crippen molar-refractivity contribution in [2.45, 2.75) is 58.7 Å². The maximum Gasteiger partial charge on any atom is 0.416 e. The van der Waals surface area contributed by atoms with Crippen LogP contribution in [0.25, 0.3) is 0 Å². The predicted octanol–water partition coefficient (Wildman–Crippen LogP) is 4.30. The molecule has 1 heterocycles. The smallest absolute Gasteiger partial charge is 0.338 e. The standard InChI is InChI=1S/C17H22F3NO/c1-5-16(3,4)13-8-12-10-21(11(2)22)7-6-14(12)15(9-13)17(18,19)20/h8-9H,5-7,10H2,1-4H3. The van der Waals surface area contributed by atoms with Gasteiger partial charge in [-0.1, -0.05) is 26.8 Å². The van der Waals surface area contributed by atoms with Gasteiger partial charge in [0.25, 0.3) is 0 Å². The molecule has 0 aromatic heterocycles. The van der Waals surface area contributed by atoms with Crippen LogP contribution in [0.2, 0.25) is 0 Å². The zero-order chi connectivity index (χ0) is 16.7. The first kappa shape index (κ1) is 16.8. The molecule has 2 rings (SSSR count). The third kappa shape index (κ3) is 3.13. The molecule has 2 nitrogen and oxygen atoms in total. The molecular weight excluding hydrogens is 291 g/mol. The van der Waals surface area contributed by atoms with Crippen LogP contribution in [0.5, 0.6) is 0 Å². The molecule has 0 fully saturated rings. The third-order valence-electron chi connectivity index (χ3n) is 4.75. The van der Waals surface area contributed by atoms with Gasteiger partial charge in [-0.15, -0.1) is 0 Å². The van der Waals surface area contributed by atoms with Gasteiger partial charge >= 0.3 is 6.18 Å². The first-order valence-corrected chi connectivity index (χ1v) is 7.55. The Kier molecular flexibility index (Phi) is 4.28. The first-order valence-electron chi connectivity index (χ1n) is 7.55. The maximum atomic E-state index is 13.4. The van der Waals surface area contributed by atoms with E-state index in [1.807, 2.05) is 26.8 Å². The van der Waals surface area contributed by atoms with Gasteiger partial charge in [-0.3, -0.25) is 4.79 Å². The molecule has 122 valence electrons. The maximum absolute atomic E-state index is 13.4. The van der Waals surface area contributed by atoms with Gasteiger partial charge in [0.05, 0.1) is 5.56 Å². The summed E-state index contributed by atoms with van der Waals surface area (Å²) in [4.78, 5) is 13.1. The molecule has 1 amide bonds. The van der Waals surface area contributed by atoms with Crippen LogP contribution < -0.4 is 0 Å². The Morgan fingerprint density at radius 3 is 2.41 bits per heavy atom. The second-order valence-electron chi connectivity index (χ2n) is 6.59. The van der Waals surface area contributed by atoms with Crippen molar-refractivity contribution < 1.29 is 18.0 Å². The second kappa shape index (κ2) is 5.60. The Bertz CT molecular complexity index is 590. The number of carbonyl (C=O) groups is 1.